The average molecular weight is 927 g/mol. The van der Waals surface area contributed by atoms with Gasteiger partial charge in [0, 0.05) is 18.8 Å². The van der Waals surface area contributed by atoms with E-state index in [0.717, 1.165) is 0 Å². The van der Waals surface area contributed by atoms with Crippen molar-refractivity contribution in [2.45, 2.75) is 154 Å². The van der Waals surface area contributed by atoms with Gasteiger partial charge in [0.1, 0.15) is 42.3 Å². The Hall–Kier alpha value is -4.54. The van der Waals surface area contributed by atoms with Gasteiger partial charge in [-0.2, -0.15) is 12.6 Å². The Balaban J connectivity index is 2.17. The summed E-state index contributed by atoms with van der Waals surface area (Å²) in [5, 5.41) is 35.2. The summed E-state index contributed by atoms with van der Waals surface area (Å²) in [6.45, 7) is 10.3. The van der Waals surface area contributed by atoms with Crippen LogP contribution in [0.15, 0.2) is 0 Å². The first-order valence-corrected chi connectivity index (χ1v) is 23.1. The average Bonchev–Trinajstić information content (AvgIpc) is 3.95. The number of nitrogens with one attached hydrogen (secondary N) is 6. The maximum absolute atomic E-state index is 14.1. The Kier molecular flexibility index (Phi) is 24.1. The van der Waals surface area contributed by atoms with Crippen LogP contribution < -0.4 is 43.4 Å². The van der Waals surface area contributed by atoms with Crippen LogP contribution in [0.2, 0.25) is 0 Å². The molecule has 2 saturated heterocycles. The lowest BCUT2D eigenvalue weighted by Crippen LogP contribution is -2.61. The summed E-state index contributed by atoms with van der Waals surface area (Å²) in [6.07, 6.45) is 3.50. The van der Waals surface area contributed by atoms with Crippen molar-refractivity contribution in [2.75, 3.05) is 38.5 Å². The second-order valence-corrected chi connectivity index (χ2v) is 18.0. The van der Waals surface area contributed by atoms with Gasteiger partial charge in [-0.05, 0) is 82.1 Å². The predicted molar refractivity (Wildman–Crippen MR) is 240 cm³/mol. The molecule has 364 valence electrons. The molecule has 0 saturated carbocycles. The van der Waals surface area contributed by atoms with Gasteiger partial charge in [0.05, 0.1) is 19.2 Å². The number of likely N-dealkylation sites (tertiary alicyclic amines) is 2. The van der Waals surface area contributed by atoms with Gasteiger partial charge in [-0.3, -0.25) is 38.4 Å². The number of carboxylic acids is 1. The minimum Gasteiger partial charge on any atom is -0.480 e. The van der Waals surface area contributed by atoms with Crippen LogP contribution in [0.3, 0.4) is 0 Å². The second kappa shape index (κ2) is 27.7. The lowest BCUT2D eigenvalue weighted by atomic mass is 9.97. The van der Waals surface area contributed by atoms with Crippen molar-refractivity contribution in [1.82, 2.24) is 41.7 Å². The summed E-state index contributed by atoms with van der Waals surface area (Å²) < 4.78 is 0. The highest BCUT2D eigenvalue weighted by molar-refractivity contribution is 7.80. The number of carboxylic acid groups (broad SMARTS) is 1. The lowest BCUT2D eigenvalue weighted by molar-refractivity contribution is -0.144. The molecule has 9 atom stereocenters. The Morgan fingerprint density at radius 3 is 1.80 bits per heavy atom. The zero-order chi connectivity index (χ0) is 48.3. The van der Waals surface area contributed by atoms with E-state index in [2.05, 4.69) is 44.5 Å². The number of amides is 8. The summed E-state index contributed by atoms with van der Waals surface area (Å²) in [6, 6.07) is -8.95. The third kappa shape index (κ3) is 17.1. The Morgan fingerprint density at radius 1 is 0.703 bits per heavy atom. The first kappa shape index (κ1) is 55.6. The number of hydrogen-bond acceptors (Lipinski definition) is 13. The third-order valence-electron chi connectivity index (χ3n) is 11.5. The number of hydrogen-bond donors (Lipinski definition) is 11. The van der Waals surface area contributed by atoms with Crippen LogP contribution in [0.1, 0.15) is 106 Å². The molecular formula is C42H74N10O11S. The molecule has 2 heterocycles. The fraction of sp³-hybridized carbons (Fsp3) is 0.786. The number of nitrogens with two attached hydrogens (primary N) is 2. The van der Waals surface area contributed by atoms with E-state index in [1.54, 1.807) is 13.8 Å². The molecule has 64 heavy (non-hydrogen) atoms. The van der Waals surface area contributed by atoms with Crippen molar-refractivity contribution in [2.24, 2.45) is 29.2 Å². The van der Waals surface area contributed by atoms with Gasteiger partial charge in [-0.25, -0.2) is 4.79 Å². The van der Waals surface area contributed by atoms with Gasteiger partial charge in [-0.15, -0.1) is 0 Å². The molecular weight excluding hydrogens is 853 g/mol. The molecule has 0 aromatic carbocycles. The number of unbranched alkanes of at least 4 members (excludes halogenated alkanes) is 1. The van der Waals surface area contributed by atoms with Crippen molar-refractivity contribution >= 4 is 65.9 Å². The first-order valence-electron chi connectivity index (χ1n) is 22.5. The molecule has 0 spiro atoms. The maximum atomic E-state index is 14.1. The molecule has 2 fully saturated rings. The molecule has 21 nitrogen and oxygen atoms in total. The number of aliphatic hydroxyl groups excluding tert-OH is 1. The van der Waals surface area contributed by atoms with Crippen LogP contribution in [0.4, 0.5) is 0 Å². The minimum atomic E-state index is -1.56. The van der Waals surface area contributed by atoms with Gasteiger partial charge in [-0.1, -0.05) is 48.0 Å². The van der Waals surface area contributed by atoms with Gasteiger partial charge in [0.15, 0.2) is 0 Å². The smallest absolute Gasteiger partial charge is 0.326 e. The van der Waals surface area contributed by atoms with Crippen LogP contribution in [0.5, 0.6) is 0 Å². The van der Waals surface area contributed by atoms with Crippen molar-refractivity contribution in [1.29, 1.82) is 0 Å². The molecule has 2 rings (SSSR count). The van der Waals surface area contributed by atoms with E-state index >= 15 is 0 Å². The van der Waals surface area contributed by atoms with E-state index < -0.39 is 121 Å². The molecule has 0 radical (unpaired) electrons. The topological polar surface area (TPSA) is 325 Å². The highest BCUT2D eigenvalue weighted by Crippen LogP contribution is 2.23. The van der Waals surface area contributed by atoms with Crippen LogP contribution >= 0.6 is 12.6 Å². The maximum Gasteiger partial charge on any atom is 0.326 e. The molecule has 0 aliphatic carbocycles. The van der Waals surface area contributed by atoms with E-state index in [9.17, 15) is 53.4 Å². The first-order chi connectivity index (χ1) is 30.2. The van der Waals surface area contributed by atoms with Crippen LogP contribution in [0.25, 0.3) is 0 Å². The zero-order valence-electron chi connectivity index (χ0n) is 38.2. The standard InChI is InChI=1S/C42H74N10O11S/c1-7-25(6)34(41(61)52-17-10-13-31(52)38(58)45-20-33(54)46-28(42(62)63)19-24(4)5)50-37(57)29(21-53)48-36(56)27(12-8-9-15-43)47-39(59)32-14-11-16-51(32)40(60)30(22-64)49-35(55)26(44)18-23(2)3/h23-32,34,53,64H,7-22,43-44H2,1-6H3,(H,45,58)(H,46,54)(H,47,59)(H,48,56)(H,49,55)(H,50,57)(H,62,63)/t25-,26-,27-,28-,29-,30-,31-,32-,34-/m0/s1. The van der Waals surface area contributed by atoms with Crippen molar-refractivity contribution in [3.63, 3.8) is 0 Å². The third-order valence-corrected chi connectivity index (χ3v) is 11.8. The van der Waals surface area contributed by atoms with Gasteiger partial charge < -0.3 is 63.4 Å². The highest BCUT2D eigenvalue weighted by atomic mass is 32.1. The summed E-state index contributed by atoms with van der Waals surface area (Å²) in [4.78, 5) is 122. The number of rotatable bonds is 27. The van der Waals surface area contributed by atoms with Crippen LogP contribution in [0, 0.1) is 17.8 Å². The van der Waals surface area contributed by atoms with Gasteiger partial charge in [0.25, 0.3) is 0 Å². The fourth-order valence-corrected chi connectivity index (χ4v) is 7.97. The molecule has 22 heteroatoms. The van der Waals surface area contributed by atoms with E-state index in [4.69, 9.17) is 11.5 Å². The fourth-order valence-electron chi connectivity index (χ4n) is 7.72. The zero-order valence-corrected chi connectivity index (χ0v) is 39.1. The quantitative estimate of drug-likeness (QED) is 0.0318. The predicted octanol–water partition coefficient (Wildman–Crippen LogP) is -1.89. The van der Waals surface area contributed by atoms with Crippen molar-refractivity contribution in [3.8, 4) is 0 Å². The SMILES string of the molecule is CC[C@H](C)[C@H](NC(=O)[C@H](CO)NC(=O)[C@H](CCCCN)NC(=O)[C@@H]1CCCN1C(=O)[C@H](CS)NC(=O)[C@@H](N)CC(C)C)C(=O)N1CCC[C@H]1C(=O)NCC(=O)N[C@@H](CC(C)C)C(=O)O. The molecule has 0 unspecified atom stereocenters. The van der Waals surface area contributed by atoms with Crippen LogP contribution in [-0.2, 0) is 43.2 Å². The Bertz CT molecular complexity index is 1620. The number of thiol groups is 1. The normalized spacial score (nSPS) is 19.4. The number of aliphatic carboxylic acids is 1. The molecule has 0 aromatic heterocycles. The molecule has 0 aromatic rings. The molecule has 0 bridgehead atoms. The van der Waals surface area contributed by atoms with Crippen LogP contribution in [-0.4, -0.2) is 160 Å². The second-order valence-electron chi connectivity index (χ2n) is 17.6. The van der Waals surface area contributed by atoms with E-state index in [-0.39, 0.29) is 56.4 Å². The molecule has 8 amide bonds. The number of carbonyl (C=O) groups is 9. The lowest BCUT2D eigenvalue weighted by Gasteiger charge is -2.32. The molecule has 2 aliphatic heterocycles. The van der Waals surface area contributed by atoms with Crippen molar-refractivity contribution < 1.29 is 53.4 Å². The minimum absolute atomic E-state index is 0.0120. The van der Waals surface area contributed by atoms with E-state index in [1.807, 2.05) is 27.7 Å². The van der Waals surface area contributed by atoms with Gasteiger partial charge in [0.2, 0.25) is 47.3 Å². The highest BCUT2D eigenvalue weighted by Gasteiger charge is 2.42. The van der Waals surface area contributed by atoms with Gasteiger partial charge >= 0.3 is 5.97 Å². The summed E-state index contributed by atoms with van der Waals surface area (Å²) >= 11 is 4.26. The van der Waals surface area contributed by atoms with E-state index in [1.165, 1.54) is 9.80 Å². The number of carbonyl (C=O) groups excluding carboxylic acids is 8. The molecule has 2 aliphatic rings. The summed E-state index contributed by atoms with van der Waals surface area (Å²) in [7, 11) is 0. The van der Waals surface area contributed by atoms with Crippen molar-refractivity contribution in [3.05, 3.63) is 0 Å². The summed E-state index contributed by atoms with van der Waals surface area (Å²) in [5.41, 5.74) is 11.7. The largest absolute Gasteiger partial charge is 0.480 e. The summed E-state index contributed by atoms with van der Waals surface area (Å²) in [5.74, 6) is -6.89. The van der Waals surface area contributed by atoms with E-state index in [0.29, 0.717) is 45.1 Å². The molecule has 12 N–H and O–H groups in total. The Morgan fingerprint density at radius 2 is 1.27 bits per heavy atom. The number of aliphatic hydroxyl groups is 1. The Labute approximate surface area is 381 Å². The monoisotopic (exact) mass is 927 g/mol. The number of nitrogens with zero attached hydrogens (tertiary/aromatic N) is 2.